The van der Waals surface area contributed by atoms with Gasteiger partial charge in [0.25, 0.3) is 10.0 Å². The molecule has 0 N–H and O–H groups in total. The first-order valence-electron chi connectivity index (χ1n) is 23.3. The van der Waals surface area contributed by atoms with Gasteiger partial charge in [-0.05, 0) is 69.0 Å². The summed E-state index contributed by atoms with van der Waals surface area (Å²) in [6, 6.07) is 13.0. The topological polar surface area (TPSA) is 37.4 Å². The van der Waals surface area contributed by atoms with E-state index < -0.39 is 10.0 Å². The Labute approximate surface area is 384 Å². The number of unbranched alkanes of at least 4 members (excludes halogenated alkanes) is 22. The summed E-state index contributed by atoms with van der Waals surface area (Å²) in [5, 5.41) is 0. The van der Waals surface area contributed by atoms with Crippen LogP contribution in [0.5, 0.6) is 0 Å². The standard InChI is InChI=1S/C48H73NO2S5.H5P3/c1-5-7-9-11-13-15-17-19-21-23-25-27-29-40(30-28-26-24-22-20-18-16-14-12-10-8-6-2)37-49-41-36-45(44-34-33-43(54-44)42-32-31-38(3)52-42)55-47(41)48-46(56(49,50)51)35-39(4)53-48;1-3-2/h31-36,40H,5-30,37H2,1-4H3;3H,1-2H2. The van der Waals surface area contributed by atoms with Gasteiger partial charge < -0.3 is 0 Å². The fourth-order valence-corrected chi connectivity index (χ4v) is 15.0. The lowest BCUT2D eigenvalue weighted by Crippen LogP contribution is -2.37. The van der Waals surface area contributed by atoms with Gasteiger partial charge in [-0.15, -0.1) is 63.2 Å². The number of aryl methyl sites for hydroxylation is 2. The van der Waals surface area contributed by atoms with Crippen molar-refractivity contribution in [2.75, 3.05) is 10.8 Å². The van der Waals surface area contributed by atoms with E-state index in [2.05, 4.69) is 75.9 Å². The summed E-state index contributed by atoms with van der Waals surface area (Å²) in [6.07, 6.45) is 34.7. The van der Waals surface area contributed by atoms with Crippen LogP contribution in [0.3, 0.4) is 0 Å². The van der Waals surface area contributed by atoms with Gasteiger partial charge in [0, 0.05) is 35.8 Å². The highest BCUT2D eigenvalue weighted by molar-refractivity contribution is 8.33. The second-order valence-electron chi connectivity index (χ2n) is 16.9. The molecular weight excluding hydrogens is 876 g/mol. The third-order valence-electron chi connectivity index (χ3n) is 11.8. The Bertz CT molecular complexity index is 1800. The van der Waals surface area contributed by atoms with E-state index in [1.54, 1.807) is 22.7 Å². The predicted molar refractivity (Wildman–Crippen MR) is 281 cm³/mol. The van der Waals surface area contributed by atoms with Crippen molar-refractivity contribution in [1.82, 2.24) is 0 Å². The molecular formula is C48H78NO2P3S5. The van der Waals surface area contributed by atoms with Gasteiger partial charge in [-0.1, -0.05) is 176 Å². The van der Waals surface area contributed by atoms with Crippen LogP contribution in [0.4, 0.5) is 5.69 Å². The lowest BCUT2D eigenvalue weighted by molar-refractivity contribution is 0.408. The quantitative estimate of drug-likeness (QED) is 0.0386. The molecule has 3 nitrogen and oxygen atoms in total. The molecule has 4 aromatic heterocycles. The molecule has 0 fully saturated rings. The first kappa shape index (κ1) is 51.5. The highest BCUT2D eigenvalue weighted by Gasteiger charge is 2.39. The van der Waals surface area contributed by atoms with Crippen molar-refractivity contribution in [3.63, 3.8) is 0 Å². The summed E-state index contributed by atoms with van der Waals surface area (Å²) in [4.78, 5) is 9.98. The Balaban J connectivity index is 0.00000248. The minimum Gasteiger partial charge on any atom is -0.264 e. The van der Waals surface area contributed by atoms with Crippen molar-refractivity contribution in [3.05, 3.63) is 46.2 Å². The van der Waals surface area contributed by atoms with E-state index in [1.165, 1.54) is 178 Å². The minimum atomic E-state index is -3.63. The van der Waals surface area contributed by atoms with Gasteiger partial charge >= 0.3 is 0 Å². The Kier molecular flexibility index (Phi) is 25.6. The van der Waals surface area contributed by atoms with Crippen molar-refractivity contribution >= 4 is 86.9 Å². The molecule has 1 aliphatic heterocycles. The maximum atomic E-state index is 14.5. The molecule has 59 heavy (non-hydrogen) atoms. The zero-order valence-corrected chi connectivity index (χ0v) is 44.5. The van der Waals surface area contributed by atoms with E-state index in [0.717, 1.165) is 41.1 Å². The van der Waals surface area contributed by atoms with Crippen LogP contribution in [0.25, 0.3) is 29.3 Å². The van der Waals surface area contributed by atoms with E-state index in [1.807, 2.05) is 33.0 Å². The average Bonchev–Trinajstić information content (AvgIpc) is 4.04. The number of nitrogens with zero attached hydrogens (tertiary/aromatic N) is 1. The van der Waals surface area contributed by atoms with Crippen molar-refractivity contribution in [2.45, 2.75) is 200 Å². The number of hydrogen-bond acceptors (Lipinski definition) is 6. The number of thiophene rings is 4. The van der Waals surface area contributed by atoms with Crippen molar-refractivity contribution < 1.29 is 8.42 Å². The molecule has 0 saturated heterocycles. The molecule has 0 saturated carbocycles. The SMILES string of the molecule is CCCCCCCCCCCCCCC(CCCCCCCCCCCCCC)CN1c2cc(-c3ccc(-c4ccc(C)s4)s3)sc2-c2sc(C)cc2S1(=O)=O.PPP. The lowest BCUT2D eigenvalue weighted by Gasteiger charge is -2.32. The van der Waals surface area contributed by atoms with Crippen LogP contribution in [-0.2, 0) is 10.0 Å². The summed E-state index contributed by atoms with van der Waals surface area (Å²) in [7, 11) is 2.43. The van der Waals surface area contributed by atoms with Crippen LogP contribution < -0.4 is 4.31 Å². The second-order valence-corrected chi connectivity index (χ2v) is 27.7. The fraction of sp³-hybridized carbons (Fsp3) is 0.667. The minimum absolute atomic E-state index is 0.379. The molecule has 0 aliphatic carbocycles. The molecule has 5 rings (SSSR count). The van der Waals surface area contributed by atoms with Crippen molar-refractivity contribution in [3.8, 4) is 29.3 Å². The van der Waals surface area contributed by atoms with E-state index in [0.29, 0.717) is 17.4 Å². The summed E-state index contributed by atoms with van der Waals surface area (Å²) in [5.41, 5.74) is 0.913. The van der Waals surface area contributed by atoms with E-state index in [9.17, 15) is 8.42 Å². The zero-order chi connectivity index (χ0) is 42.3. The van der Waals surface area contributed by atoms with Gasteiger partial charge in [-0.2, -0.15) is 0 Å². The Hall–Kier alpha value is -0.160. The number of fused-ring (bicyclic) bond motifs is 3. The molecule has 1 aliphatic rings. The summed E-state index contributed by atoms with van der Waals surface area (Å²) >= 11 is 7.08. The zero-order valence-electron chi connectivity index (χ0n) is 37.1. The third kappa shape index (κ3) is 17.4. The van der Waals surface area contributed by atoms with Crippen LogP contribution in [0.15, 0.2) is 41.3 Å². The van der Waals surface area contributed by atoms with Gasteiger partial charge in [0.2, 0.25) is 0 Å². The molecule has 0 spiro atoms. The van der Waals surface area contributed by atoms with E-state index in [4.69, 9.17) is 0 Å². The van der Waals surface area contributed by atoms with Gasteiger partial charge in [0.1, 0.15) is 4.90 Å². The second kappa shape index (κ2) is 29.3. The highest BCUT2D eigenvalue weighted by atomic mass is 32.4. The predicted octanol–water partition coefficient (Wildman–Crippen LogP) is 19.1. The normalized spacial score (nSPS) is 13.2. The molecule has 332 valence electrons. The smallest absolute Gasteiger partial charge is 0.264 e. The largest absolute Gasteiger partial charge is 0.265 e. The van der Waals surface area contributed by atoms with Crippen LogP contribution >= 0.6 is 71.2 Å². The van der Waals surface area contributed by atoms with Gasteiger partial charge in [0.15, 0.2) is 0 Å². The average molecular weight is 954 g/mol. The maximum absolute atomic E-state index is 14.5. The number of sulfonamides is 1. The van der Waals surface area contributed by atoms with Crippen LogP contribution in [0.1, 0.15) is 191 Å². The molecule has 0 radical (unpaired) electrons. The van der Waals surface area contributed by atoms with E-state index in [-0.39, 0.29) is 0 Å². The number of hydrogen-bond donors (Lipinski definition) is 0. The Morgan fingerprint density at radius 3 is 1.41 bits per heavy atom. The van der Waals surface area contributed by atoms with Crippen LogP contribution in [-0.4, -0.2) is 15.0 Å². The molecule has 0 amide bonds. The monoisotopic (exact) mass is 953 g/mol. The molecule has 11 heteroatoms. The molecule has 0 aromatic carbocycles. The first-order chi connectivity index (χ1) is 28.7. The molecule has 0 bridgehead atoms. The molecule has 5 heterocycles. The van der Waals surface area contributed by atoms with Gasteiger partial charge in [0.05, 0.1) is 15.4 Å². The lowest BCUT2D eigenvalue weighted by atomic mass is 9.93. The third-order valence-corrected chi connectivity index (χ3v) is 18.5. The number of rotatable bonds is 30. The van der Waals surface area contributed by atoms with E-state index >= 15 is 0 Å². The molecule has 2 unspecified atom stereocenters. The Morgan fingerprint density at radius 2 is 0.949 bits per heavy atom. The van der Waals surface area contributed by atoms with Crippen LogP contribution in [0, 0.1) is 19.8 Å². The Morgan fingerprint density at radius 1 is 0.525 bits per heavy atom. The van der Waals surface area contributed by atoms with Crippen molar-refractivity contribution in [1.29, 1.82) is 0 Å². The summed E-state index contributed by atoms with van der Waals surface area (Å²) < 4.78 is 30.9. The molecule has 2 atom stereocenters. The number of anilines is 1. The highest BCUT2D eigenvalue weighted by Crippen LogP contribution is 2.54. The fourth-order valence-electron chi connectivity index (χ4n) is 8.42. The maximum Gasteiger partial charge on any atom is 0.265 e. The summed E-state index contributed by atoms with van der Waals surface area (Å²) in [5.74, 6) is 0.379. The molecule has 4 aromatic rings. The summed E-state index contributed by atoms with van der Waals surface area (Å²) in [6.45, 7) is 9.40. The van der Waals surface area contributed by atoms with Crippen LogP contribution in [0.2, 0.25) is 0 Å². The first-order valence-corrected chi connectivity index (χ1v) is 32.7. The van der Waals surface area contributed by atoms with Gasteiger partial charge in [-0.3, -0.25) is 4.31 Å². The van der Waals surface area contributed by atoms with Crippen molar-refractivity contribution in [2.24, 2.45) is 5.92 Å². The van der Waals surface area contributed by atoms with Gasteiger partial charge in [-0.25, -0.2) is 8.42 Å².